The van der Waals surface area contributed by atoms with Crippen molar-refractivity contribution < 1.29 is 9.59 Å². The molecule has 3 rings (SSSR count). The van der Waals surface area contributed by atoms with Gasteiger partial charge in [-0.15, -0.1) is 11.3 Å². The van der Waals surface area contributed by atoms with E-state index in [4.69, 9.17) is 0 Å². The fraction of sp³-hybridized carbons (Fsp3) is 0.227. The third-order valence-corrected chi connectivity index (χ3v) is 5.32. The van der Waals surface area contributed by atoms with Gasteiger partial charge >= 0.3 is 0 Å². The van der Waals surface area contributed by atoms with Gasteiger partial charge in [0.05, 0.1) is 18.7 Å². The van der Waals surface area contributed by atoms with Gasteiger partial charge in [0.15, 0.2) is 0 Å². The van der Waals surface area contributed by atoms with Gasteiger partial charge in [-0.1, -0.05) is 55.5 Å². The van der Waals surface area contributed by atoms with Crippen molar-refractivity contribution in [3.8, 4) is 10.6 Å². The lowest BCUT2D eigenvalue weighted by molar-refractivity contribution is -0.132. The Morgan fingerprint density at radius 1 is 1.07 bits per heavy atom. The SMILES string of the molecule is CCc1ccccc1NC(=O)CN(C)C(=O)Cc1csc(-c2ccccc2)n1. The van der Waals surface area contributed by atoms with Gasteiger partial charge in [-0.2, -0.15) is 0 Å². The number of anilines is 1. The molecule has 6 heteroatoms. The average Bonchev–Trinajstić information content (AvgIpc) is 3.17. The van der Waals surface area contributed by atoms with E-state index in [1.807, 2.05) is 66.9 Å². The van der Waals surface area contributed by atoms with Crippen LogP contribution in [0.25, 0.3) is 10.6 Å². The van der Waals surface area contributed by atoms with Crippen molar-refractivity contribution >= 4 is 28.8 Å². The zero-order valence-electron chi connectivity index (χ0n) is 16.0. The molecule has 1 N–H and O–H groups in total. The third-order valence-electron chi connectivity index (χ3n) is 4.38. The van der Waals surface area contributed by atoms with Crippen LogP contribution in [0.2, 0.25) is 0 Å². The maximum absolute atomic E-state index is 12.5. The van der Waals surface area contributed by atoms with Crippen LogP contribution in [-0.2, 0) is 22.4 Å². The molecule has 0 aliphatic carbocycles. The number of hydrogen-bond acceptors (Lipinski definition) is 4. The first kappa shape index (κ1) is 19.8. The molecule has 5 nitrogen and oxygen atoms in total. The van der Waals surface area contributed by atoms with Gasteiger partial charge in [-0.05, 0) is 18.1 Å². The van der Waals surface area contributed by atoms with Crippen LogP contribution in [-0.4, -0.2) is 35.3 Å². The van der Waals surface area contributed by atoms with Crippen LogP contribution in [0.15, 0.2) is 60.0 Å². The summed E-state index contributed by atoms with van der Waals surface area (Å²) in [6, 6.07) is 17.6. The molecule has 144 valence electrons. The summed E-state index contributed by atoms with van der Waals surface area (Å²) in [5.41, 5.74) is 3.62. The van der Waals surface area contributed by atoms with E-state index >= 15 is 0 Å². The Bertz CT molecular complexity index is 953. The molecule has 0 unspecified atom stereocenters. The lowest BCUT2D eigenvalue weighted by atomic mass is 10.1. The number of aromatic nitrogens is 1. The highest BCUT2D eigenvalue weighted by Crippen LogP contribution is 2.23. The number of carbonyl (C=O) groups excluding carboxylic acids is 2. The summed E-state index contributed by atoms with van der Waals surface area (Å²) < 4.78 is 0. The quantitative estimate of drug-likeness (QED) is 0.660. The van der Waals surface area contributed by atoms with E-state index in [0.717, 1.165) is 33.9 Å². The summed E-state index contributed by atoms with van der Waals surface area (Å²) in [6.45, 7) is 2.05. The lowest BCUT2D eigenvalue weighted by Crippen LogP contribution is -2.36. The molecular formula is C22H23N3O2S. The predicted molar refractivity (Wildman–Crippen MR) is 113 cm³/mol. The molecule has 3 aromatic rings. The molecule has 2 amide bonds. The summed E-state index contributed by atoms with van der Waals surface area (Å²) in [6.07, 6.45) is 1.01. The minimum absolute atomic E-state index is 0.00651. The number of benzene rings is 2. The number of aryl methyl sites for hydroxylation is 1. The maximum Gasteiger partial charge on any atom is 0.243 e. The molecule has 2 aromatic carbocycles. The van der Waals surface area contributed by atoms with Crippen LogP contribution in [0, 0.1) is 0 Å². The Balaban J connectivity index is 1.56. The van der Waals surface area contributed by atoms with Crippen LogP contribution in [0.3, 0.4) is 0 Å². The van der Waals surface area contributed by atoms with E-state index < -0.39 is 0 Å². The summed E-state index contributed by atoms with van der Waals surface area (Å²) in [5, 5.41) is 5.67. The van der Waals surface area contributed by atoms with Gasteiger partial charge in [0.1, 0.15) is 5.01 Å². The topological polar surface area (TPSA) is 62.3 Å². The van der Waals surface area contributed by atoms with Crippen LogP contribution in [0.1, 0.15) is 18.2 Å². The van der Waals surface area contributed by atoms with E-state index in [1.165, 1.54) is 16.2 Å². The molecular weight excluding hydrogens is 370 g/mol. The van der Waals surface area contributed by atoms with Gasteiger partial charge < -0.3 is 10.2 Å². The van der Waals surface area contributed by atoms with Crippen molar-refractivity contribution in [1.29, 1.82) is 0 Å². The Morgan fingerprint density at radius 2 is 1.79 bits per heavy atom. The Hall–Kier alpha value is -2.99. The first-order valence-electron chi connectivity index (χ1n) is 9.18. The lowest BCUT2D eigenvalue weighted by Gasteiger charge is -2.17. The molecule has 0 saturated carbocycles. The number of nitrogens with one attached hydrogen (secondary N) is 1. The van der Waals surface area contributed by atoms with Gasteiger partial charge in [-0.3, -0.25) is 9.59 Å². The zero-order valence-corrected chi connectivity index (χ0v) is 16.8. The predicted octanol–water partition coefficient (Wildman–Crippen LogP) is 4.01. The molecule has 0 saturated heterocycles. The summed E-state index contributed by atoms with van der Waals surface area (Å²) in [5.74, 6) is -0.344. The third kappa shape index (κ3) is 5.04. The fourth-order valence-electron chi connectivity index (χ4n) is 2.84. The van der Waals surface area contributed by atoms with Crippen molar-refractivity contribution in [2.45, 2.75) is 19.8 Å². The van der Waals surface area contributed by atoms with Crippen molar-refractivity contribution in [2.75, 3.05) is 18.9 Å². The zero-order chi connectivity index (χ0) is 19.9. The van der Waals surface area contributed by atoms with Gasteiger partial charge in [0, 0.05) is 23.7 Å². The van der Waals surface area contributed by atoms with Crippen LogP contribution in [0.4, 0.5) is 5.69 Å². The van der Waals surface area contributed by atoms with E-state index in [0.29, 0.717) is 0 Å². The smallest absolute Gasteiger partial charge is 0.243 e. The van der Waals surface area contributed by atoms with Gasteiger partial charge in [-0.25, -0.2) is 4.98 Å². The standard InChI is InChI=1S/C22H23N3O2S/c1-3-16-9-7-8-12-19(16)24-20(26)14-25(2)21(27)13-18-15-28-22(23-18)17-10-5-4-6-11-17/h4-12,15H,3,13-14H2,1-2H3,(H,24,26). The van der Waals surface area contributed by atoms with E-state index in [2.05, 4.69) is 10.3 Å². The van der Waals surface area contributed by atoms with Crippen molar-refractivity contribution in [3.05, 3.63) is 71.2 Å². The average molecular weight is 394 g/mol. The van der Waals surface area contributed by atoms with Gasteiger partial charge in [0.2, 0.25) is 11.8 Å². The number of amides is 2. The first-order valence-corrected chi connectivity index (χ1v) is 10.1. The Labute approximate surface area is 169 Å². The number of carbonyl (C=O) groups is 2. The largest absolute Gasteiger partial charge is 0.336 e. The minimum atomic E-state index is -0.208. The maximum atomic E-state index is 12.5. The monoisotopic (exact) mass is 393 g/mol. The van der Waals surface area contributed by atoms with Crippen molar-refractivity contribution in [3.63, 3.8) is 0 Å². The van der Waals surface area contributed by atoms with Crippen molar-refractivity contribution in [2.24, 2.45) is 0 Å². The Kier molecular flexibility index (Phi) is 6.55. The molecule has 0 atom stereocenters. The number of hydrogen-bond donors (Lipinski definition) is 1. The molecule has 0 spiro atoms. The number of thiazole rings is 1. The summed E-state index contributed by atoms with van der Waals surface area (Å²) >= 11 is 1.51. The van der Waals surface area contributed by atoms with Crippen LogP contribution >= 0.6 is 11.3 Å². The summed E-state index contributed by atoms with van der Waals surface area (Å²) in [7, 11) is 1.64. The van der Waals surface area contributed by atoms with Crippen molar-refractivity contribution in [1.82, 2.24) is 9.88 Å². The second kappa shape index (κ2) is 9.28. The van der Waals surface area contributed by atoms with Crippen LogP contribution in [0.5, 0.6) is 0 Å². The normalized spacial score (nSPS) is 10.5. The molecule has 0 aliphatic heterocycles. The van der Waals surface area contributed by atoms with E-state index in [-0.39, 0.29) is 24.8 Å². The minimum Gasteiger partial charge on any atom is -0.336 e. The highest BCUT2D eigenvalue weighted by molar-refractivity contribution is 7.13. The fourth-order valence-corrected chi connectivity index (χ4v) is 3.66. The molecule has 1 heterocycles. The Morgan fingerprint density at radius 3 is 2.54 bits per heavy atom. The number of para-hydroxylation sites is 1. The highest BCUT2D eigenvalue weighted by Gasteiger charge is 2.16. The molecule has 0 aliphatic rings. The molecule has 0 fully saturated rings. The summed E-state index contributed by atoms with van der Waals surface area (Å²) in [4.78, 5) is 30.8. The molecule has 0 radical (unpaired) electrons. The second-order valence-corrected chi connectivity index (χ2v) is 7.35. The second-order valence-electron chi connectivity index (χ2n) is 6.50. The molecule has 0 bridgehead atoms. The molecule has 1 aromatic heterocycles. The molecule has 28 heavy (non-hydrogen) atoms. The highest BCUT2D eigenvalue weighted by atomic mass is 32.1. The van der Waals surface area contributed by atoms with E-state index in [1.54, 1.807) is 7.05 Å². The first-order chi connectivity index (χ1) is 13.6. The number of rotatable bonds is 7. The van der Waals surface area contributed by atoms with E-state index in [9.17, 15) is 9.59 Å². The van der Waals surface area contributed by atoms with Crippen LogP contribution < -0.4 is 5.32 Å². The van der Waals surface area contributed by atoms with Gasteiger partial charge in [0.25, 0.3) is 0 Å². The number of nitrogens with zero attached hydrogens (tertiary/aromatic N) is 2. The number of likely N-dealkylation sites (N-methyl/N-ethyl adjacent to an activating group) is 1.